The number of methoxy groups -OCH3 is 1. The maximum Gasteiger partial charge on any atom is 0.146 e. The normalized spacial score (nSPS) is 49.5. The molecule has 0 aliphatic heterocycles. The van der Waals surface area contributed by atoms with Gasteiger partial charge in [0.25, 0.3) is 0 Å². The van der Waals surface area contributed by atoms with Crippen LogP contribution in [0.15, 0.2) is 12.2 Å². The van der Waals surface area contributed by atoms with Gasteiger partial charge in [-0.25, -0.2) is 0 Å². The molecular weight excluding hydrogens is 312 g/mol. The van der Waals surface area contributed by atoms with Crippen molar-refractivity contribution in [2.75, 3.05) is 13.9 Å². The lowest BCUT2D eigenvalue weighted by Crippen LogP contribution is -2.57. The third-order valence-electron chi connectivity index (χ3n) is 8.68. The molecule has 0 radical (unpaired) electrons. The van der Waals surface area contributed by atoms with Crippen LogP contribution >= 0.6 is 0 Å². The zero-order valence-corrected chi connectivity index (χ0v) is 16.2. The van der Waals surface area contributed by atoms with E-state index >= 15 is 0 Å². The fourth-order valence-electron chi connectivity index (χ4n) is 7.25. The van der Waals surface area contributed by atoms with Gasteiger partial charge in [-0.15, -0.1) is 0 Å². The second-order valence-corrected chi connectivity index (χ2v) is 9.70. The molecular formula is C22H34O3. The van der Waals surface area contributed by atoms with Crippen molar-refractivity contribution in [3.05, 3.63) is 12.2 Å². The van der Waals surface area contributed by atoms with Crippen molar-refractivity contribution in [3.8, 4) is 0 Å². The van der Waals surface area contributed by atoms with Gasteiger partial charge >= 0.3 is 0 Å². The van der Waals surface area contributed by atoms with Crippen molar-refractivity contribution in [2.24, 2.45) is 34.5 Å². The summed E-state index contributed by atoms with van der Waals surface area (Å²) in [6.45, 7) is 9.48. The number of ether oxygens (including phenoxy) is 2. The van der Waals surface area contributed by atoms with Gasteiger partial charge in [0.2, 0.25) is 0 Å². The number of carbonyl (C=O) groups excluding carboxylic acids is 1. The van der Waals surface area contributed by atoms with Crippen molar-refractivity contribution in [1.29, 1.82) is 0 Å². The van der Waals surface area contributed by atoms with Crippen molar-refractivity contribution < 1.29 is 14.3 Å². The minimum absolute atomic E-state index is 0.0836. The van der Waals surface area contributed by atoms with E-state index in [1.807, 2.05) is 0 Å². The largest absolute Gasteiger partial charge is 0.359 e. The van der Waals surface area contributed by atoms with E-state index < -0.39 is 0 Å². The lowest BCUT2D eigenvalue weighted by molar-refractivity contribution is -0.165. The first kappa shape index (κ1) is 17.7. The molecule has 4 fully saturated rings. The SMILES string of the molecule is C=C1CC[C@H]2[C@@H]3CCC4CC(OCOC)CC[C@]4(C)[C@@H]3C(=O)C[C@]12C. The molecule has 0 amide bonds. The summed E-state index contributed by atoms with van der Waals surface area (Å²) < 4.78 is 11.0. The average Bonchev–Trinajstić information content (AvgIpc) is 2.87. The van der Waals surface area contributed by atoms with Crippen LogP contribution in [-0.2, 0) is 14.3 Å². The van der Waals surface area contributed by atoms with E-state index in [1.165, 1.54) is 24.8 Å². The molecule has 2 unspecified atom stereocenters. The topological polar surface area (TPSA) is 35.5 Å². The summed E-state index contributed by atoms with van der Waals surface area (Å²) in [7, 11) is 1.69. The van der Waals surface area contributed by atoms with Gasteiger partial charge in [-0.1, -0.05) is 26.0 Å². The Hall–Kier alpha value is -0.670. The fraction of sp³-hybridized carbons (Fsp3) is 0.864. The van der Waals surface area contributed by atoms with E-state index in [1.54, 1.807) is 7.11 Å². The van der Waals surface area contributed by atoms with Gasteiger partial charge in [0, 0.05) is 19.4 Å². The van der Waals surface area contributed by atoms with E-state index in [9.17, 15) is 4.79 Å². The van der Waals surface area contributed by atoms with Crippen molar-refractivity contribution >= 4 is 5.78 Å². The lowest BCUT2D eigenvalue weighted by Gasteiger charge is -2.59. The zero-order chi connectivity index (χ0) is 17.8. The van der Waals surface area contributed by atoms with E-state index in [2.05, 4.69) is 20.4 Å². The van der Waals surface area contributed by atoms with Crippen molar-refractivity contribution in [2.45, 2.75) is 71.3 Å². The first-order chi connectivity index (χ1) is 11.9. The van der Waals surface area contributed by atoms with Gasteiger partial charge < -0.3 is 9.47 Å². The van der Waals surface area contributed by atoms with Crippen molar-refractivity contribution in [3.63, 3.8) is 0 Å². The van der Waals surface area contributed by atoms with Gasteiger partial charge in [0.05, 0.1) is 6.10 Å². The summed E-state index contributed by atoms with van der Waals surface area (Å²) in [6, 6.07) is 0. The Morgan fingerprint density at radius 1 is 1.20 bits per heavy atom. The Bertz CT molecular complexity index is 570. The summed E-state index contributed by atoms with van der Waals surface area (Å²) in [4.78, 5) is 13.3. The highest BCUT2D eigenvalue weighted by molar-refractivity contribution is 5.84. The second kappa shape index (κ2) is 6.20. The van der Waals surface area contributed by atoms with Crippen molar-refractivity contribution in [1.82, 2.24) is 0 Å². The average molecular weight is 347 g/mol. The molecule has 0 N–H and O–H groups in total. The highest BCUT2D eigenvalue weighted by Crippen LogP contribution is 2.66. The molecule has 140 valence electrons. The molecule has 3 nitrogen and oxygen atoms in total. The van der Waals surface area contributed by atoms with Crippen LogP contribution in [0, 0.1) is 34.5 Å². The molecule has 0 heterocycles. The number of allylic oxidation sites excluding steroid dienone is 1. The van der Waals surface area contributed by atoms with E-state index in [0.717, 1.165) is 32.1 Å². The van der Waals surface area contributed by atoms with Gasteiger partial charge in [-0.2, -0.15) is 0 Å². The predicted octanol–water partition coefficient (Wildman–Crippen LogP) is 4.75. The smallest absolute Gasteiger partial charge is 0.146 e. The summed E-state index contributed by atoms with van der Waals surface area (Å²) in [6.07, 6.45) is 9.22. The Balaban J connectivity index is 1.57. The van der Waals surface area contributed by atoms with E-state index in [-0.39, 0.29) is 16.7 Å². The first-order valence-corrected chi connectivity index (χ1v) is 10.2. The molecule has 0 aromatic carbocycles. The molecule has 4 aliphatic rings. The maximum absolute atomic E-state index is 13.3. The number of carbonyl (C=O) groups is 1. The van der Waals surface area contributed by atoms with Crippen LogP contribution in [0.2, 0.25) is 0 Å². The minimum Gasteiger partial charge on any atom is -0.359 e. The minimum atomic E-state index is 0.0836. The number of hydrogen-bond acceptors (Lipinski definition) is 3. The van der Waals surface area contributed by atoms with Crippen LogP contribution in [0.1, 0.15) is 65.2 Å². The molecule has 0 aromatic heterocycles. The molecule has 0 bridgehead atoms. The number of Topliss-reactive ketones (excluding diaryl/α,β-unsaturated/α-hetero) is 1. The van der Waals surface area contributed by atoms with Crippen LogP contribution in [0.4, 0.5) is 0 Å². The highest BCUT2D eigenvalue weighted by Gasteiger charge is 2.61. The standard InChI is InChI=1S/C22H34O3/c1-14-5-8-18-17-7-6-15-11-16(25-13-24-4)9-10-21(15,2)20(17)19(23)12-22(14,18)3/h15-18,20H,1,5-13H2,2-4H3/t15?,16?,17-,18-,20-,21-,22+/m0/s1. The summed E-state index contributed by atoms with van der Waals surface area (Å²) in [5, 5.41) is 0. The Kier molecular flexibility index (Phi) is 4.39. The lowest BCUT2D eigenvalue weighted by atomic mass is 9.44. The van der Waals surface area contributed by atoms with Crippen LogP contribution in [0.5, 0.6) is 0 Å². The molecule has 0 spiro atoms. The van der Waals surface area contributed by atoms with E-state index in [0.29, 0.717) is 36.4 Å². The molecule has 0 saturated heterocycles. The molecule has 4 saturated carbocycles. The van der Waals surface area contributed by atoms with Gasteiger partial charge in [-0.05, 0) is 73.5 Å². The van der Waals surface area contributed by atoms with Crippen LogP contribution < -0.4 is 0 Å². The number of rotatable bonds is 3. The summed E-state index contributed by atoms with van der Waals surface area (Å²) >= 11 is 0. The number of fused-ring (bicyclic) bond motifs is 5. The highest BCUT2D eigenvalue weighted by atomic mass is 16.7. The predicted molar refractivity (Wildman–Crippen MR) is 98.0 cm³/mol. The van der Waals surface area contributed by atoms with Crippen LogP contribution in [0.3, 0.4) is 0 Å². The third-order valence-corrected chi connectivity index (χ3v) is 8.68. The van der Waals surface area contributed by atoms with Gasteiger partial charge in [0.1, 0.15) is 12.6 Å². The Morgan fingerprint density at radius 2 is 2.00 bits per heavy atom. The number of hydrogen-bond donors (Lipinski definition) is 0. The second-order valence-electron chi connectivity index (χ2n) is 9.70. The molecule has 4 rings (SSSR count). The summed E-state index contributed by atoms with van der Waals surface area (Å²) in [5.41, 5.74) is 1.60. The summed E-state index contributed by atoms with van der Waals surface area (Å²) in [5.74, 6) is 2.71. The quantitative estimate of drug-likeness (QED) is 0.546. The first-order valence-electron chi connectivity index (χ1n) is 10.2. The molecule has 3 heteroatoms. The zero-order valence-electron chi connectivity index (χ0n) is 16.2. The molecule has 0 aromatic rings. The van der Waals surface area contributed by atoms with Gasteiger partial charge in [0.15, 0.2) is 0 Å². The fourth-order valence-corrected chi connectivity index (χ4v) is 7.25. The van der Waals surface area contributed by atoms with Crippen LogP contribution in [0.25, 0.3) is 0 Å². The Labute approximate surface area is 152 Å². The monoisotopic (exact) mass is 346 g/mol. The maximum atomic E-state index is 13.3. The van der Waals surface area contributed by atoms with Gasteiger partial charge in [-0.3, -0.25) is 4.79 Å². The number of ketones is 1. The molecule has 4 aliphatic carbocycles. The van der Waals surface area contributed by atoms with E-state index in [4.69, 9.17) is 9.47 Å². The molecule has 25 heavy (non-hydrogen) atoms. The van der Waals surface area contributed by atoms with Crippen LogP contribution in [-0.4, -0.2) is 25.8 Å². The molecule has 7 atom stereocenters. The third kappa shape index (κ3) is 2.56. The Morgan fingerprint density at radius 3 is 2.76 bits per heavy atom.